The molecule has 0 atom stereocenters. The lowest BCUT2D eigenvalue weighted by atomic mass is 10.3. The second kappa shape index (κ2) is 5.49. The van der Waals surface area contributed by atoms with Gasteiger partial charge in [-0.3, -0.25) is 14.6 Å². The molecule has 1 fully saturated rings. The molecule has 8 heteroatoms. The van der Waals surface area contributed by atoms with Crippen molar-refractivity contribution in [2.75, 3.05) is 26.3 Å². The highest BCUT2D eigenvalue weighted by Crippen LogP contribution is 2.07. The predicted octanol–water partition coefficient (Wildman–Crippen LogP) is -0.264. The van der Waals surface area contributed by atoms with Crippen LogP contribution in [0.3, 0.4) is 0 Å². The second-order valence-corrected chi connectivity index (χ2v) is 4.76. The number of carbonyl (C=O) groups is 1. The lowest BCUT2D eigenvalue weighted by Crippen LogP contribution is -2.40. The van der Waals surface area contributed by atoms with Gasteiger partial charge in [-0.25, -0.2) is 9.67 Å². The number of aromatic amines is 1. The molecule has 8 nitrogen and oxygen atoms in total. The Morgan fingerprint density at radius 3 is 2.86 bits per heavy atom. The van der Waals surface area contributed by atoms with E-state index in [1.165, 1.54) is 10.7 Å². The highest BCUT2D eigenvalue weighted by Gasteiger charge is 2.20. The summed E-state index contributed by atoms with van der Waals surface area (Å²) in [6.45, 7) is 3.93. The van der Waals surface area contributed by atoms with Crippen LogP contribution in [0.25, 0.3) is 5.95 Å². The van der Waals surface area contributed by atoms with Crippen molar-refractivity contribution < 1.29 is 9.53 Å². The zero-order valence-electron chi connectivity index (χ0n) is 11.6. The molecule has 0 aliphatic carbocycles. The Balaban J connectivity index is 1.85. The highest BCUT2D eigenvalue weighted by molar-refractivity contribution is 5.92. The lowest BCUT2D eigenvalue weighted by molar-refractivity contribution is 0.0298. The molecule has 1 saturated heterocycles. The molecule has 2 aromatic rings. The van der Waals surface area contributed by atoms with Crippen LogP contribution in [0.4, 0.5) is 0 Å². The molecule has 0 radical (unpaired) electrons. The standard InChI is InChI=1S/C13H15N5O3/c1-9-8-11(19)15-13(14-9)18-3-2-10(16-18)12(20)17-4-6-21-7-5-17/h2-3,8H,4-7H2,1H3,(H,14,15,19). The van der Waals surface area contributed by atoms with Gasteiger partial charge in [0.2, 0.25) is 5.95 Å². The summed E-state index contributed by atoms with van der Waals surface area (Å²) >= 11 is 0. The van der Waals surface area contributed by atoms with Gasteiger partial charge < -0.3 is 9.64 Å². The first kappa shape index (κ1) is 13.5. The number of amides is 1. The second-order valence-electron chi connectivity index (χ2n) is 4.76. The first-order valence-electron chi connectivity index (χ1n) is 6.64. The summed E-state index contributed by atoms with van der Waals surface area (Å²) in [6.07, 6.45) is 1.60. The van der Waals surface area contributed by atoms with Crippen LogP contribution < -0.4 is 5.56 Å². The van der Waals surface area contributed by atoms with Crippen LogP contribution >= 0.6 is 0 Å². The minimum absolute atomic E-state index is 0.146. The van der Waals surface area contributed by atoms with Gasteiger partial charge >= 0.3 is 0 Å². The van der Waals surface area contributed by atoms with Crippen molar-refractivity contribution in [3.63, 3.8) is 0 Å². The Morgan fingerprint density at radius 2 is 2.14 bits per heavy atom. The van der Waals surface area contributed by atoms with Crippen molar-refractivity contribution in [2.45, 2.75) is 6.92 Å². The number of morpholine rings is 1. The quantitative estimate of drug-likeness (QED) is 0.822. The van der Waals surface area contributed by atoms with Crippen LogP contribution in [0.5, 0.6) is 0 Å². The van der Waals surface area contributed by atoms with Gasteiger partial charge in [-0.2, -0.15) is 5.10 Å². The van der Waals surface area contributed by atoms with E-state index in [0.717, 1.165) is 0 Å². The van der Waals surface area contributed by atoms with E-state index in [4.69, 9.17) is 4.74 Å². The van der Waals surface area contributed by atoms with E-state index in [1.807, 2.05) is 0 Å². The average molecular weight is 289 g/mol. The van der Waals surface area contributed by atoms with Gasteiger partial charge in [0, 0.05) is 31.0 Å². The van der Waals surface area contributed by atoms with Gasteiger partial charge in [0.25, 0.3) is 11.5 Å². The topological polar surface area (TPSA) is 93.1 Å². The molecule has 1 amide bonds. The summed E-state index contributed by atoms with van der Waals surface area (Å²) in [5, 5.41) is 4.19. The first-order chi connectivity index (χ1) is 10.1. The summed E-state index contributed by atoms with van der Waals surface area (Å²) in [7, 11) is 0. The molecule has 1 N–H and O–H groups in total. The van der Waals surface area contributed by atoms with Crippen molar-refractivity contribution >= 4 is 5.91 Å². The Labute approximate surface area is 120 Å². The van der Waals surface area contributed by atoms with Gasteiger partial charge in [0.1, 0.15) is 0 Å². The summed E-state index contributed by atoms with van der Waals surface area (Å²) in [4.78, 5) is 32.2. The minimum atomic E-state index is -0.256. The highest BCUT2D eigenvalue weighted by atomic mass is 16.5. The van der Waals surface area contributed by atoms with Crippen molar-refractivity contribution in [2.24, 2.45) is 0 Å². The number of aromatic nitrogens is 4. The number of hydrogen-bond acceptors (Lipinski definition) is 5. The summed E-state index contributed by atoms with van der Waals surface area (Å²) in [5.41, 5.74) is 0.653. The molecule has 0 saturated carbocycles. The van der Waals surface area contributed by atoms with Gasteiger partial charge in [0.15, 0.2) is 5.69 Å². The zero-order chi connectivity index (χ0) is 14.8. The van der Waals surface area contributed by atoms with E-state index in [-0.39, 0.29) is 11.5 Å². The maximum atomic E-state index is 12.3. The van der Waals surface area contributed by atoms with E-state index < -0.39 is 0 Å². The fraction of sp³-hybridized carbons (Fsp3) is 0.385. The number of carbonyl (C=O) groups excluding carboxylic acids is 1. The van der Waals surface area contributed by atoms with Gasteiger partial charge in [-0.15, -0.1) is 0 Å². The van der Waals surface area contributed by atoms with E-state index in [0.29, 0.717) is 43.6 Å². The molecule has 1 aliphatic heterocycles. The van der Waals surface area contributed by atoms with Gasteiger partial charge in [-0.05, 0) is 13.0 Å². The summed E-state index contributed by atoms with van der Waals surface area (Å²) in [5.74, 6) is 0.146. The fourth-order valence-electron chi connectivity index (χ4n) is 2.16. The Hall–Kier alpha value is -2.48. The molecular weight excluding hydrogens is 274 g/mol. The zero-order valence-corrected chi connectivity index (χ0v) is 11.6. The molecule has 21 heavy (non-hydrogen) atoms. The molecule has 3 rings (SSSR count). The van der Waals surface area contributed by atoms with Crippen molar-refractivity contribution in [3.8, 4) is 5.95 Å². The number of nitrogens with zero attached hydrogens (tertiary/aromatic N) is 4. The van der Waals surface area contributed by atoms with Crippen molar-refractivity contribution in [3.05, 3.63) is 40.1 Å². The third-order valence-electron chi connectivity index (χ3n) is 3.18. The normalized spacial score (nSPS) is 15.2. The van der Waals surface area contributed by atoms with Crippen LogP contribution in [0.1, 0.15) is 16.2 Å². The maximum absolute atomic E-state index is 12.3. The molecule has 0 spiro atoms. The number of ether oxygens (including phenoxy) is 1. The monoisotopic (exact) mass is 289 g/mol. The fourth-order valence-corrected chi connectivity index (χ4v) is 2.16. The Kier molecular flexibility index (Phi) is 3.53. The number of rotatable bonds is 2. The molecule has 3 heterocycles. The predicted molar refractivity (Wildman–Crippen MR) is 73.4 cm³/mol. The van der Waals surface area contributed by atoms with Crippen LogP contribution in [0, 0.1) is 6.92 Å². The van der Waals surface area contributed by atoms with E-state index in [1.54, 1.807) is 24.1 Å². The third kappa shape index (κ3) is 2.84. The lowest BCUT2D eigenvalue weighted by Gasteiger charge is -2.25. The molecule has 2 aromatic heterocycles. The smallest absolute Gasteiger partial charge is 0.274 e. The molecular formula is C13H15N5O3. The van der Waals surface area contributed by atoms with Crippen molar-refractivity contribution in [1.29, 1.82) is 0 Å². The molecule has 0 bridgehead atoms. The van der Waals surface area contributed by atoms with Gasteiger partial charge in [-0.1, -0.05) is 0 Å². The third-order valence-corrected chi connectivity index (χ3v) is 3.18. The van der Waals surface area contributed by atoms with E-state index >= 15 is 0 Å². The van der Waals surface area contributed by atoms with Crippen LogP contribution in [0.15, 0.2) is 23.1 Å². The molecule has 0 aromatic carbocycles. The molecule has 0 unspecified atom stereocenters. The van der Waals surface area contributed by atoms with Crippen LogP contribution in [-0.4, -0.2) is 56.9 Å². The molecule has 110 valence electrons. The summed E-state index contributed by atoms with van der Waals surface area (Å²) < 4.78 is 6.61. The molecule has 1 aliphatic rings. The van der Waals surface area contributed by atoms with E-state index in [2.05, 4.69) is 15.1 Å². The Morgan fingerprint density at radius 1 is 1.38 bits per heavy atom. The maximum Gasteiger partial charge on any atom is 0.274 e. The van der Waals surface area contributed by atoms with E-state index in [9.17, 15) is 9.59 Å². The van der Waals surface area contributed by atoms with Gasteiger partial charge in [0.05, 0.1) is 13.2 Å². The number of hydrogen-bond donors (Lipinski definition) is 1. The number of aryl methyl sites for hydroxylation is 1. The Bertz CT molecular complexity index is 715. The van der Waals surface area contributed by atoms with Crippen LogP contribution in [-0.2, 0) is 4.74 Å². The largest absolute Gasteiger partial charge is 0.378 e. The first-order valence-corrected chi connectivity index (χ1v) is 6.64. The van der Waals surface area contributed by atoms with Crippen molar-refractivity contribution in [1.82, 2.24) is 24.6 Å². The number of nitrogens with one attached hydrogen (secondary N) is 1. The van der Waals surface area contributed by atoms with Crippen LogP contribution in [0.2, 0.25) is 0 Å². The number of H-pyrrole nitrogens is 1. The summed E-state index contributed by atoms with van der Waals surface area (Å²) in [6, 6.07) is 3.01. The minimum Gasteiger partial charge on any atom is -0.378 e. The average Bonchev–Trinajstić information content (AvgIpc) is 2.96. The SMILES string of the molecule is Cc1cc(=O)[nH]c(-n2ccc(C(=O)N3CCOCC3)n2)n1.